The first-order valence-corrected chi connectivity index (χ1v) is 6.72. The van der Waals surface area contributed by atoms with E-state index in [0.29, 0.717) is 16.1 Å². The summed E-state index contributed by atoms with van der Waals surface area (Å²) in [6.07, 6.45) is 3.14. The van der Waals surface area contributed by atoms with Crippen molar-refractivity contribution >= 4 is 33.3 Å². The fraction of sp³-hybridized carbons (Fsp3) is 0.231. The average molecular weight is 325 g/mol. The zero-order valence-corrected chi connectivity index (χ0v) is 12.0. The number of anilines is 3. The maximum atomic E-state index is 13.0. The number of nitrogens with two attached hydrogens (primary N) is 1. The Morgan fingerprint density at radius 1 is 1.37 bits per heavy atom. The average Bonchev–Trinajstić information content (AvgIpc) is 2.37. The van der Waals surface area contributed by atoms with Crippen LogP contribution in [0.1, 0.15) is 18.9 Å². The fourth-order valence-electron chi connectivity index (χ4n) is 1.75. The molecule has 0 aliphatic carbocycles. The molecule has 6 heteroatoms. The summed E-state index contributed by atoms with van der Waals surface area (Å²) in [4.78, 5) is 8.19. The van der Waals surface area contributed by atoms with E-state index in [0.717, 1.165) is 24.1 Å². The van der Waals surface area contributed by atoms with Gasteiger partial charge >= 0.3 is 0 Å². The number of benzene rings is 1. The van der Waals surface area contributed by atoms with Crippen molar-refractivity contribution in [1.29, 1.82) is 0 Å². The molecule has 2 aromatic rings. The number of hydrogen-bond acceptors (Lipinski definition) is 4. The Hall–Kier alpha value is -1.69. The number of halogens is 2. The van der Waals surface area contributed by atoms with Gasteiger partial charge in [0.05, 0.1) is 5.69 Å². The van der Waals surface area contributed by atoms with Gasteiger partial charge in [-0.2, -0.15) is 0 Å². The molecule has 0 amide bonds. The van der Waals surface area contributed by atoms with Gasteiger partial charge in [-0.25, -0.2) is 14.4 Å². The number of nitrogens with zero attached hydrogens (tertiary/aromatic N) is 2. The second kappa shape index (κ2) is 5.97. The van der Waals surface area contributed by atoms with Crippen LogP contribution in [0.2, 0.25) is 0 Å². The smallest absolute Gasteiger partial charge is 0.139 e. The SMILES string of the molecule is CCCc1c(N)ncnc1Nc1ccc(F)cc1Br. The van der Waals surface area contributed by atoms with Gasteiger partial charge in [0.2, 0.25) is 0 Å². The third-order valence-electron chi connectivity index (χ3n) is 2.66. The van der Waals surface area contributed by atoms with Crippen LogP contribution in [-0.2, 0) is 6.42 Å². The monoisotopic (exact) mass is 324 g/mol. The van der Waals surface area contributed by atoms with Crippen LogP contribution in [0.3, 0.4) is 0 Å². The summed E-state index contributed by atoms with van der Waals surface area (Å²) >= 11 is 3.31. The summed E-state index contributed by atoms with van der Waals surface area (Å²) < 4.78 is 13.7. The van der Waals surface area contributed by atoms with E-state index >= 15 is 0 Å². The highest BCUT2D eigenvalue weighted by molar-refractivity contribution is 9.10. The second-order valence-corrected chi connectivity index (χ2v) is 4.94. The number of rotatable bonds is 4. The largest absolute Gasteiger partial charge is 0.383 e. The van der Waals surface area contributed by atoms with Crippen molar-refractivity contribution < 1.29 is 4.39 Å². The molecule has 19 heavy (non-hydrogen) atoms. The highest BCUT2D eigenvalue weighted by Crippen LogP contribution is 2.28. The molecule has 4 nitrogen and oxygen atoms in total. The second-order valence-electron chi connectivity index (χ2n) is 4.09. The number of nitrogens with one attached hydrogen (secondary N) is 1. The van der Waals surface area contributed by atoms with Crippen LogP contribution in [-0.4, -0.2) is 9.97 Å². The fourth-order valence-corrected chi connectivity index (χ4v) is 2.20. The Balaban J connectivity index is 2.35. The van der Waals surface area contributed by atoms with E-state index < -0.39 is 0 Å². The normalized spacial score (nSPS) is 10.5. The molecule has 0 bridgehead atoms. The summed E-state index contributed by atoms with van der Waals surface area (Å²) in [5.74, 6) is 0.827. The predicted molar refractivity (Wildman–Crippen MR) is 77.8 cm³/mol. The molecule has 0 unspecified atom stereocenters. The summed E-state index contributed by atoms with van der Waals surface area (Å²) in [6.45, 7) is 2.06. The van der Waals surface area contributed by atoms with Crippen LogP contribution >= 0.6 is 15.9 Å². The van der Waals surface area contributed by atoms with E-state index in [2.05, 4.69) is 38.1 Å². The molecule has 1 aromatic carbocycles. The minimum atomic E-state index is -0.298. The zero-order valence-electron chi connectivity index (χ0n) is 10.5. The van der Waals surface area contributed by atoms with Gasteiger partial charge in [0.15, 0.2) is 0 Å². The van der Waals surface area contributed by atoms with Crippen molar-refractivity contribution in [2.45, 2.75) is 19.8 Å². The lowest BCUT2D eigenvalue weighted by molar-refractivity contribution is 0.627. The van der Waals surface area contributed by atoms with E-state index in [1.807, 2.05) is 0 Å². The quantitative estimate of drug-likeness (QED) is 0.900. The Kier molecular flexibility index (Phi) is 4.31. The van der Waals surface area contributed by atoms with E-state index in [1.165, 1.54) is 18.5 Å². The molecule has 0 fully saturated rings. The molecular weight excluding hydrogens is 311 g/mol. The summed E-state index contributed by atoms with van der Waals surface area (Å²) in [5.41, 5.74) is 7.47. The molecule has 0 aliphatic heterocycles. The minimum absolute atomic E-state index is 0.298. The maximum Gasteiger partial charge on any atom is 0.139 e. The first-order chi connectivity index (χ1) is 9.11. The van der Waals surface area contributed by atoms with Crippen LogP contribution < -0.4 is 11.1 Å². The van der Waals surface area contributed by atoms with Gasteiger partial charge in [0.1, 0.15) is 23.8 Å². The third-order valence-corrected chi connectivity index (χ3v) is 3.32. The highest BCUT2D eigenvalue weighted by Gasteiger charge is 2.10. The van der Waals surface area contributed by atoms with Gasteiger partial charge in [-0.1, -0.05) is 13.3 Å². The Labute approximate surface area is 119 Å². The Morgan fingerprint density at radius 2 is 2.16 bits per heavy atom. The van der Waals surface area contributed by atoms with Gasteiger partial charge in [-0.3, -0.25) is 0 Å². The van der Waals surface area contributed by atoms with E-state index in [9.17, 15) is 4.39 Å². The van der Waals surface area contributed by atoms with Crippen molar-refractivity contribution in [3.63, 3.8) is 0 Å². The predicted octanol–water partition coefficient (Wildman–Crippen LogP) is 3.66. The van der Waals surface area contributed by atoms with Crippen LogP contribution in [0.4, 0.5) is 21.7 Å². The number of nitrogen functional groups attached to an aromatic ring is 1. The van der Waals surface area contributed by atoms with Crippen LogP contribution in [0.15, 0.2) is 29.0 Å². The van der Waals surface area contributed by atoms with Crippen molar-refractivity contribution in [2.24, 2.45) is 0 Å². The van der Waals surface area contributed by atoms with Crippen molar-refractivity contribution in [2.75, 3.05) is 11.1 Å². The van der Waals surface area contributed by atoms with Crippen LogP contribution in [0.5, 0.6) is 0 Å². The van der Waals surface area contributed by atoms with Crippen molar-refractivity contribution in [1.82, 2.24) is 9.97 Å². The summed E-state index contributed by atoms with van der Waals surface area (Å²) in [7, 11) is 0. The molecule has 0 saturated carbocycles. The summed E-state index contributed by atoms with van der Waals surface area (Å²) in [6, 6.07) is 4.43. The Bertz CT molecular complexity index is 589. The van der Waals surface area contributed by atoms with Crippen molar-refractivity contribution in [3.8, 4) is 0 Å². The Morgan fingerprint density at radius 3 is 2.84 bits per heavy atom. The molecule has 3 N–H and O–H groups in total. The van der Waals surface area contributed by atoms with Gasteiger partial charge in [0.25, 0.3) is 0 Å². The molecule has 1 aromatic heterocycles. The van der Waals surface area contributed by atoms with Crippen LogP contribution in [0, 0.1) is 5.82 Å². The van der Waals surface area contributed by atoms with Gasteiger partial charge in [-0.15, -0.1) is 0 Å². The highest BCUT2D eigenvalue weighted by atomic mass is 79.9. The lowest BCUT2D eigenvalue weighted by Gasteiger charge is -2.13. The number of aromatic nitrogens is 2. The number of hydrogen-bond donors (Lipinski definition) is 2. The molecule has 0 atom stereocenters. The molecule has 2 rings (SSSR count). The van der Waals surface area contributed by atoms with Gasteiger partial charge < -0.3 is 11.1 Å². The van der Waals surface area contributed by atoms with Crippen LogP contribution in [0.25, 0.3) is 0 Å². The first-order valence-electron chi connectivity index (χ1n) is 5.93. The first kappa shape index (κ1) is 13.7. The van der Waals surface area contributed by atoms with E-state index in [-0.39, 0.29) is 5.82 Å². The lowest BCUT2D eigenvalue weighted by Crippen LogP contribution is -2.05. The molecule has 0 spiro atoms. The minimum Gasteiger partial charge on any atom is -0.383 e. The third kappa shape index (κ3) is 3.20. The topological polar surface area (TPSA) is 63.8 Å². The standard InChI is InChI=1S/C13H14BrFN4/c1-2-3-9-12(16)17-7-18-13(9)19-11-5-4-8(15)6-10(11)14/h4-7H,2-3H2,1H3,(H3,16,17,18,19). The van der Waals surface area contributed by atoms with Gasteiger partial charge in [-0.05, 0) is 40.5 Å². The summed E-state index contributed by atoms with van der Waals surface area (Å²) in [5, 5.41) is 3.15. The molecule has 100 valence electrons. The van der Waals surface area contributed by atoms with E-state index in [4.69, 9.17) is 5.73 Å². The molecule has 1 heterocycles. The van der Waals surface area contributed by atoms with Gasteiger partial charge in [0, 0.05) is 10.0 Å². The zero-order chi connectivity index (χ0) is 13.8. The maximum absolute atomic E-state index is 13.0. The van der Waals surface area contributed by atoms with E-state index in [1.54, 1.807) is 6.07 Å². The molecule has 0 saturated heterocycles. The van der Waals surface area contributed by atoms with Crippen molar-refractivity contribution in [3.05, 3.63) is 40.4 Å². The molecular formula is C13H14BrFN4. The molecule has 0 radical (unpaired) electrons. The lowest BCUT2D eigenvalue weighted by atomic mass is 10.1. The molecule has 0 aliphatic rings.